The molecule has 1 saturated carbocycles. The highest BCUT2D eigenvalue weighted by Crippen LogP contribution is 2.30. The van der Waals surface area contributed by atoms with Crippen LogP contribution in [0.4, 0.5) is 0 Å². The van der Waals surface area contributed by atoms with Crippen molar-refractivity contribution in [3.05, 3.63) is 0 Å². The van der Waals surface area contributed by atoms with E-state index in [1.54, 1.807) is 0 Å². The van der Waals surface area contributed by atoms with E-state index in [1.165, 1.54) is 25.7 Å². The number of hydrogen-bond acceptors (Lipinski definition) is 4. The van der Waals surface area contributed by atoms with Crippen molar-refractivity contribution in [1.29, 1.82) is 0 Å². The van der Waals surface area contributed by atoms with Gasteiger partial charge in [-0.1, -0.05) is 13.8 Å². The number of esters is 1. The molecule has 0 aromatic carbocycles. The van der Waals surface area contributed by atoms with Crippen molar-refractivity contribution in [2.45, 2.75) is 71.4 Å². The van der Waals surface area contributed by atoms with Gasteiger partial charge in [0, 0.05) is 12.6 Å². The highest BCUT2D eigenvalue weighted by molar-refractivity contribution is 5.80. The molecule has 1 N–H and O–H groups in total. The number of carbonyl (C=O) groups is 1. The Hall–Kier alpha value is -0.610. The summed E-state index contributed by atoms with van der Waals surface area (Å²) in [6, 6.07) is 0.514. The molecule has 1 atom stereocenters. The summed E-state index contributed by atoms with van der Waals surface area (Å²) < 4.78 is 5.29. The number of likely N-dealkylation sites (tertiary alicyclic amines) is 1. The smallest absolute Gasteiger partial charge is 0.326 e. The minimum absolute atomic E-state index is 0.0887. The Labute approximate surface area is 129 Å². The molecule has 2 fully saturated rings. The maximum absolute atomic E-state index is 12.3. The highest BCUT2D eigenvalue weighted by Gasteiger charge is 2.40. The van der Waals surface area contributed by atoms with E-state index in [9.17, 15) is 4.79 Å². The van der Waals surface area contributed by atoms with Crippen LogP contribution in [0.5, 0.6) is 0 Å². The molecule has 1 aliphatic carbocycles. The van der Waals surface area contributed by atoms with Crippen LogP contribution in [0.2, 0.25) is 0 Å². The Morgan fingerprint density at radius 3 is 2.48 bits per heavy atom. The van der Waals surface area contributed by atoms with Gasteiger partial charge in [-0.05, 0) is 64.5 Å². The normalized spacial score (nSPS) is 25.3. The monoisotopic (exact) mass is 296 g/mol. The Kier molecular flexibility index (Phi) is 5.31. The molecule has 2 aliphatic rings. The van der Waals surface area contributed by atoms with Gasteiger partial charge in [-0.3, -0.25) is 10.1 Å². The Balaban J connectivity index is 1.85. The number of rotatable bonds is 7. The zero-order valence-corrected chi connectivity index (χ0v) is 14.2. The summed E-state index contributed by atoms with van der Waals surface area (Å²) in [5, 5.41) is 3.51. The van der Waals surface area contributed by atoms with Gasteiger partial charge in [0.05, 0.1) is 6.61 Å². The molecule has 0 aromatic heterocycles. The molecule has 0 spiro atoms. The summed E-state index contributed by atoms with van der Waals surface area (Å²) in [5.41, 5.74) is -0.0443. The largest absolute Gasteiger partial charge is 0.465 e. The standard InChI is InChI=1S/C17H32N2O2/c1-5-21-15(20)17(4,18-14-6-7-14)10-13-19-11-8-16(2,3)9-12-19/h14,18H,5-13H2,1-4H3. The summed E-state index contributed by atoms with van der Waals surface area (Å²) in [7, 11) is 0. The maximum Gasteiger partial charge on any atom is 0.326 e. The number of hydrogen-bond donors (Lipinski definition) is 1. The second kappa shape index (κ2) is 6.66. The molecule has 1 aliphatic heterocycles. The van der Waals surface area contributed by atoms with Crippen molar-refractivity contribution in [2.75, 3.05) is 26.2 Å². The van der Waals surface area contributed by atoms with Crippen LogP contribution in [0.15, 0.2) is 0 Å². The molecular formula is C17H32N2O2. The molecule has 4 heteroatoms. The lowest BCUT2D eigenvalue weighted by Crippen LogP contribution is -2.53. The summed E-state index contributed by atoms with van der Waals surface area (Å²) in [6.07, 6.45) is 5.71. The predicted molar refractivity (Wildman–Crippen MR) is 85.3 cm³/mol. The molecule has 4 nitrogen and oxygen atoms in total. The minimum atomic E-state index is -0.524. The molecule has 1 saturated heterocycles. The molecule has 0 bridgehead atoms. The minimum Gasteiger partial charge on any atom is -0.465 e. The molecule has 21 heavy (non-hydrogen) atoms. The molecule has 0 aromatic rings. The topological polar surface area (TPSA) is 41.6 Å². The third-order valence-electron chi connectivity index (χ3n) is 4.96. The van der Waals surface area contributed by atoms with Crippen LogP contribution < -0.4 is 5.32 Å². The third kappa shape index (κ3) is 4.96. The zero-order valence-electron chi connectivity index (χ0n) is 14.2. The molecule has 2 rings (SSSR count). The second-order valence-electron chi connectivity index (χ2n) is 7.73. The van der Waals surface area contributed by atoms with Gasteiger partial charge >= 0.3 is 5.97 Å². The number of ether oxygens (including phenoxy) is 1. The summed E-state index contributed by atoms with van der Waals surface area (Å²) in [4.78, 5) is 14.8. The van der Waals surface area contributed by atoms with E-state index in [2.05, 4.69) is 24.1 Å². The van der Waals surface area contributed by atoms with Crippen molar-refractivity contribution in [3.8, 4) is 0 Å². The van der Waals surface area contributed by atoms with Crippen LogP contribution in [0.1, 0.15) is 59.8 Å². The lowest BCUT2D eigenvalue weighted by molar-refractivity contribution is -0.151. The van der Waals surface area contributed by atoms with Crippen LogP contribution in [-0.4, -0.2) is 48.7 Å². The fourth-order valence-corrected chi connectivity index (χ4v) is 2.97. The van der Waals surface area contributed by atoms with E-state index in [0.717, 1.165) is 26.1 Å². The van der Waals surface area contributed by atoms with Gasteiger partial charge in [-0.2, -0.15) is 0 Å². The summed E-state index contributed by atoms with van der Waals surface area (Å²) >= 11 is 0. The SMILES string of the molecule is CCOC(=O)C(C)(CCN1CCC(C)(C)CC1)NC1CC1. The molecule has 122 valence electrons. The van der Waals surface area contributed by atoms with E-state index in [4.69, 9.17) is 4.74 Å². The second-order valence-corrected chi connectivity index (χ2v) is 7.73. The van der Waals surface area contributed by atoms with Gasteiger partial charge in [0.2, 0.25) is 0 Å². The first kappa shape index (κ1) is 16.8. The fraction of sp³-hybridized carbons (Fsp3) is 0.941. The van der Waals surface area contributed by atoms with E-state index in [0.29, 0.717) is 18.1 Å². The Bertz CT molecular complexity index is 356. The van der Waals surface area contributed by atoms with Crippen LogP contribution in [0.25, 0.3) is 0 Å². The van der Waals surface area contributed by atoms with Gasteiger partial charge in [0.15, 0.2) is 0 Å². The van der Waals surface area contributed by atoms with Crippen LogP contribution in [0.3, 0.4) is 0 Å². The molecular weight excluding hydrogens is 264 g/mol. The van der Waals surface area contributed by atoms with Crippen molar-refractivity contribution < 1.29 is 9.53 Å². The number of nitrogens with one attached hydrogen (secondary N) is 1. The van der Waals surface area contributed by atoms with Gasteiger partial charge in [0.1, 0.15) is 5.54 Å². The van der Waals surface area contributed by atoms with Crippen molar-refractivity contribution in [1.82, 2.24) is 10.2 Å². The first-order chi connectivity index (χ1) is 9.85. The molecule has 1 unspecified atom stereocenters. The van der Waals surface area contributed by atoms with Gasteiger partial charge < -0.3 is 9.64 Å². The average Bonchev–Trinajstić information content (AvgIpc) is 3.21. The van der Waals surface area contributed by atoms with Gasteiger partial charge in [-0.25, -0.2) is 0 Å². The van der Waals surface area contributed by atoms with Crippen molar-refractivity contribution >= 4 is 5.97 Å². The highest BCUT2D eigenvalue weighted by atomic mass is 16.5. The lowest BCUT2D eigenvalue weighted by Gasteiger charge is -2.38. The molecule has 0 amide bonds. The number of piperidine rings is 1. The van der Waals surface area contributed by atoms with Crippen LogP contribution >= 0.6 is 0 Å². The fourth-order valence-electron chi connectivity index (χ4n) is 2.97. The first-order valence-electron chi connectivity index (χ1n) is 8.52. The van der Waals surface area contributed by atoms with E-state index >= 15 is 0 Å². The van der Waals surface area contributed by atoms with Gasteiger partial charge in [0.25, 0.3) is 0 Å². The third-order valence-corrected chi connectivity index (χ3v) is 4.96. The Morgan fingerprint density at radius 2 is 1.95 bits per heavy atom. The summed E-state index contributed by atoms with van der Waals surface area (Å²) in [5.74, 6) is -0.0887. The van der Waals surface area contributed by atoms with E-state index < -0.39 is 5.54 Å². The van der Waals surface area contributed by atoms with Crippen LogP contribution in [0, 0.1) is 5.41 Å². The molecule has 1 heterocycles. The Morgan fingerprint density at radius 1 is 1.33 bits per heavy atom. The number of nitrogens with zero attached hydrogens (tertiary/aromatic N) is 1. The summed E-state index contributed by atoms with van der Waals surface area (Å²) in [6.45, 7) is 12.3. The zero-order chi connectivity index (χ0) is 15.5. The van der Waals surface area contributed by atoms with Gasteiger partial charge in [-0.15, -0.1) is 0 Å². The first-order valence-corrected chi connectivity index (χ1v) is 8.52. The van der Waals surface area contributed by atoms with Crippen molar-refractivity contribution in [2.24, 2.45) is 5.41 Å². The lowest BCUT2D eigenvalue weighted by atomic mass is 9.82. The van der Waals surface area contributed by atoms with Crippen molar-refractivity contribution in [3.63, 3.8) is 0 Å². The van der Waals surface area contributed by atoms with E-state index in [-0.39, 0.29) is 5.97 Å². The number of carbonyl (C=O) groups excluding carboxylic acids is 1. The maximum atomic E-state index is 12.3. The average molecular weight is 296 g/mol. The molecule has 0 radical (unpaired) electrons. The van der Waals surface area contributed by atoms with E-state index in [1.807, 2.05) is 13.8 Å². The quantitative estimate of drug-likeness (QED) is 0.733. The predicted octanol–water partition coefficient (Wildman–Crippen LogP) is 2.57. The van der Waals surface area contributed by atoms with Crippen LogP contribution in [-0.2, 0) is 9.53 Å².